The number of hydrogen-bond donors (Lipinski definition) is 0. The molecule has 0 heterocycles. The van der Waals surface area contributed by atoms with Crippen LogP contribution >= 0.6 is 0 Å². The first-order valence-electron chi connectivity index (χ1n) is 4.57. The monoisotopic (exact) mass is 172 g/mol. The highest BCUT2D eigenvalue weighted by Gasteiger charge is 1.89. The summed E-state index contributed by atoms with van der Waals surface area (Å²) < 4.78 is 0. The summed E-state index contributed by atoms with van der Waals surface area (Å²) in [4.78, 5) is 0. The van der Waals surface area contributed by atoms with Gasteiger partial charge in [0.15, 0.2) is 0 Å². The molecule has 1 rings (SSSR count). The van der Waals surface area contributed by atoms with E-state index in [0.717, 1.165) is 6.42 Å². The third kappa shape index (κ3) is 3.29. The highest BCUT2D eigenvalue weighted by Crippen LogP contribution is 2.07. The largest absolute Gasteiger partial charge is 0.0985 e. The van der Waals surface area contributed by atoms with Crippen molar-refractivity contribution in [3.63, 3.8) is 0 Å². The average molecular weight is 172 g/mol. The second-order valence-corrected chi connectivity index (χ2v) is 3.43. The van der Waals surface area contributed by atoms with Crippen molar-refractivity contribution in [1.29, 1.82) is 0 Å². The molecule has 0 fully saturated rings. The van der Waals surface area contributed by atoms with Crippen LogP contribution in [0.25, 0.3) is 6.08 Å². The Balaban J connectivity index is 2.69. The van der Waals surface area contributed by atoms with Gasteiger partial charge in [-0.1, -0.05) is 48.6 Å². The van der Waals surface area contributed by atoms with Crippen LogP contribution in [0.15, 0.2) is 42.5 Å². The molecule has 0 bridgehead atoms. The topological polar surface area (TPSA) is 0 Å². The Morgan fingerprint density at radius 1 is 1.23 bits per heavy atom. The van der Waals surface area contributed by atoms with Crippen LogP contribution in [0.3, 0.4) is 0 Å². The van der Waals surface area contributed by atoms with Crippen LogP contribution < -0.4 is 0 Å². The molecule has 0 heteroatoms. The lowest BCUT2D eigenvalue weighted by Gasteiger charge is -1.98. The zero-order valence-corrected chi connectivity index (χ0v) is 8.38. The number of hydrogen-bond acceptors (Lipinski definition) is 0. The maximum absolute atomic E-state index is 3.72. The predicted molar refractivity (Wildman–Crippen MR) is 59.7 cm³/mol. The molecule has 0 aromatic heterocycles. The van der Waals surface area contributed by atoms with Gasteiger partial charge >= 0.3 is 0 Å². The van der Waals surface area contributed by atoms with Crippen LogP contribution in [-0.2, 0) is 6.42 Å². The van der Waals surface area contributed by atoms with E-state index in [1.807, 2.05) is 6.08 Å². The second kappa shape index (κ2) is 4.66. The number of rotatable bonds is 3. The van der Waals surface area contributed by atoms with Crippen molar-refractivity contribution in [1.82, 2.24) is 0 Å². The maximum atomic E-state index is 3.72. The van der Waals surface area contributed by atoms with Crippen molar-refractivity contribution in [3.05, 3.63) is 53.6 Å². The molecule has 0 aliphatic heterocycles. The van der Waals surface area contributed by atoms with Gasteiger partial charge < -0.3 is 0 Å². The Labute approximate surface area is 80.6 Å². The first-order chi connectivity index (χ1) is 6.22. The summed E-state index contributed by atoms with van der Waals surface area (Å²) in [6.45, 7) is 7.97. The Morgan fingerprint density at radius 2 is 1.85 bits per heavy atom. The molecule has 0 radical (unpaired) electrons. The van der Waals surface area contributed by atoms with Gasteiger partial charge in [-0.25, -0.2) is 0 Å². The van der Waals surface area contributed by atoms with Gasteiger partial charge in [-0.3, -0.25) is 0 Å². The van der Waals surface area contributed by atoms with Gasteiger partial charge in [0, 0.05) is 0 Å². The van der Waals surface area contributed by atoms with E-state index in [4.69, 9.17) is 0 Å². The molecule has 0 atom stereocenters. The first-order valence-corrected chi connectivity index (χ1v) is 4.57. The van der Waals surface area contributed by atoms with Crippen molar-refractivity contribution in [2.24, 2.45) is 0 Å². The fraction of sp³-hybridized carbons (Fsp3) is 0.231. The van der Waals surface area contributed by atoms with Gasteiger partial charge in [-0.2, -0.15) is 0 Å². The maximum Gasteiger partial charge on any atom is -0.00950 e. The van der Waals surface area contributed by atoms with Gasteiger partial charge in [-0.15, -0.1) is 0 Å². The smallest absolute Gasteiger partial charge is 0.00950 e. The van der Waals surface area contributed by atoms with E-state index < -0.39 is 0 Å². The summed E-state index contributed by atoms with van der Waals surface area (Å²) in [5.74, 6) is 0. The lowest BCUT2D eigenvalue weighted by Crippen LogP contribution is -1.81. The predicted octanol–water partition coefficient (Wildman–Crippen LogP) is 3.84. The third-order valence-corrected chi connectivity index (χ3v) is 1.96. The molecule has 0 nitrogen and oxygen atoms in total. The minimum atomic E-state index is 1.03. The molecule has 0 saturated heterocycles. The van der Waals surface area contributed by atoms with E-state index in [1.165, 1.54) is 16.7 Å². The van der Waals surface area contributed by atoms with Crippen LogP contribution in [-0.4, -0.2) is 0 Å². The highest BCUT2D eigenvalue weighted by molar-refractivity contribution is 5.47. The van der Waals surface area contributed by atoms with E-state index in [9.17, 15) is 0 Å². The lowest BCUT2D eigenvalue weighted by molar-refractivity contribution is 1.21. The summed E-state index contributed by atoms with van der Waals surface area (Å²) in [7, 11) is 0. The van der Waals surface area contributed by atoms with Crippen LogP contribution in [0.1, 0.15) is 25.0 Å². The van der Waals surface area contributed by atoms with E-state index in [0.29, 0.717) is 0 Å². The normalized spacial score (nSPS) is 9.38. The molecule has 68 valence electrons. The minimum absolute atomic E-state index is 1.03. The summed E-state index contributed by atoms with van der Waals surface area (Å²) in [5.41, 5.74) is 3.90. The molecular formula is C13H16. The van der Waals surface area contributed by atoms with Crippen LogP contribution in [0.5, 0.6) is 0 Å². The summed E-state index contributed by atoms with van der Waals surface area (Å²) in [6, 6.07) is 8.50. The summed E-state index contributed by atoms with van der Waals surface area (Å²) in [5, 5.41) is 0. The third-order valence-electron chi connectivity index (χ3n) is 1.96. The van der Waals surface area contributed by atoms with Gasteiger partial charge in [0.05, 0.1) is 0 Å². The molecule has 0 amide bonds. The Bertz CT molecular complexity index is 297. The Kier molecular flexibility index (Phi) is 3.51. The van der Waals surface area contributed by atoms with Gasteiger partial charge in [0.2, 0.25) is 0 Å². The highest BCUT2D eigenvalue weighted by atomic mass is 13.9. The second-order valence-electron chi connectivity index (χ2n) is 3.43. The number of allylic oxidation sites excluding steroid dienone is 2. The Morgan fingerprint density at radius 3 is 2.31 bits per heavy atom. The van der Waals surface area contributed by atoms with Gasteiger partial charge in [-0.05, 0) is 31.4 Å². The summed E-state index contributed by atoms with van der Waals surface area (Å²) >= 11 is 0. The SMILES string of the molecule is C=Cc1ccc(CC=C(C)C)cc1. The molecule has 0 N–H and O–H groups in total. The Hall–Kier alpha value is -1.30. The lowest BCUT2D eigenvalue weighted by atomic mass is 10.1. The zero-order chi connectivity index (χ0) is 9.68. The van der Waals surface area contributed by atoms with E-state index >= 15 is 0 Å². The van der Waals surface area contributed by atoms with Crippen LogP contribution in [0.2, 0.25) is 0 Å². The van der Waals surface area contributed by atoms with Crippen molar-refractivity contribution >= 4 is 6.08 Å². The molecule has 0 aliphatic rings. The molecule has 13 heavy (non-hydrogen) atoms. The van der Waals surface area contributed by atoms with E-state index in [2.05, 4.69) is 50.8 Å². The van der Waals surface area contributed by atoms with Crippen molar-refractivity contribution in [3.8, 4) is 0 Å². The first kappa shape index (κ1) is 9.79. The van der Waals surface area contributed by atoms with Crippen LogP contribution in [0, 0.1) is 0 Å². The van der Waals surface area contributed by atoms with Crippen molar-refractivity contribution < 1.29 is 0 Å². The van der Waals surface area contributed by atoms with Crippen molar-refractivity contribution in [2.75, 3.05) is 0 Å². The van der Waals surface area contributed by atoms with E-state index in [1.54, 1.807) is 0 Å². The zero-order valence-electron chi connectivity index (χ0n) is 8.38. The van der Waals surface area contributed by atoms with Crippen LogP contribution in [0.4, 0.5) is 0 Å². The van der Waals surface area contributed by atoms with Crippen molar-refractivity contribution in [2.45, 2.75) is 20.3 Å². The number of benzene rings is 1. The molecular weight excluding hydrogens is 156 g/mol. The molecule has 0 spiro atoms. The quantitative estimate of drug-likeness (QED) is 0.608. The fourth-order valence-corrected chi connectivity index (χ4v) is 1.11. The fourth-order valence-electron chi connectivity index (χ4n) is 1.11. The minimum Gasteiger partial charge on any atom is -0.0985 e. The summed E-state index contributed by atoms with van der Waals surface area (Å²) in [6.07, 6.45) is 5.13. The molecule has 1 aromatic carbocycles. The van der Waals surface area contributed by atoms with E-state index in [-0.39, 0.29) is 0 Å². The molecule has 0 aliphatic carbocycles. The molecule has 0 saturated carbocycles. The molecule has 1 aromatic rings. The molecule has 0 unspecified atom stereocenters. The average Bonchev–Trinajstić information content (AvgIpc) is 2.15. The van der Waals surface area contributed by atoms with Gasteiger partial charge in [0.1, 0.15) is 0 Å². The van der Waals surface area contributed by atoms with Gasteiger partial charge in [0.25, 0.3) is 0 Å². The standard InChI is InChI=1S/C13H16/c1-4-12-7-9-13(10-8-12)6-5-11(2)3/h4-5,7-10H,1,6H2,2-3H3.